The van der Waals surface area contributed by atoms with Gasteiger partial charge >= 0.3 is 12.0 Å². The lowest BCUT2D eigenvalue weighted by molar-refractivity contribution is 0.397. The molecule has 0 radical (unpaired) electrons. The van der Waals surface area contributed by atoms with E-state index in [0.717, 1.165) is 19.6 Å². The molecule has 0 bridgehead atoms. The summed E-state index contributed by atoms with van der Waals surface area (Å²) in [7, 11) is 0. The van der Waals surface area contributed by atoms with Crippen LogP contribution >= 0.6 is 35.1 Å². The van der Waals surface area contributed by atoms with E-state index in [9.17, 15) is 10.2 Å². The van der Waals surface area contributed by atoms with Crippen molar-refractivity contribution in [1.29, 1.82) is 0 Å². The van der Waals surface area contributed by atoms with Gasteiger partial charge in [0.05, 0.1) is 0 Å². The summed E-state index contributed by atoms with van der Waals surface area (Å²) < 4.78 is 11.5. The van der Waals surface area contributed by atoms with Crippen molar-refractivity contribution in [1.82, 2.24) is 15.0 Å². The largest absolute Gasteiger partial charge is 0.508 e. The van der Waals surface area contributed by atoms with E-state index in [1.54, 1.807) is 72.1 Å². The van der Waals surface area contributed by atoms with E-state index < -0.39 is 0 Å². The Morgan fingerprint density at radius 3 is 1.16 bits per heavy atom. The van der Waals surface area contributed by atoms with Crippen molar-refractivity contribution in [3.8, 4) is 35.0 Å². The van der Waals surface area contributed by atoms with E-state index in [-0.39, 0.29) is 28.8 Å². The van der Waals surface area contributed by atoms with Crippen LogP contribution in [-0.2, 0) is 0 Å². The molecule has 7 nitrogen and oxygen atoms in total. The predicted octanol–water partition coefficient (Wildman–Crippen LogP) is 7.82. The van der Waals surface area contributed by atoms with Gasteiger partial charge in [-0.15, -0.1) is 4.98 Å². The van der Waals surface area contributed by atoms with E-state index in [4.69, 9.17) is 21.1 Å². The molecule has 5 aromatic rings. The first kappa shape index (κ1) is 24.8. The molecule has 0 aliphatic rings. The highest BCUT2D eigenvalue weighted by Gasteiger charge is 2.10. The van der Waals surface area contributed by atoms with Crippen LogP contribution in [0.2, 0.25) is 5.28 Å². The van der Waals surface area contributed by atoms with Crippen molar-refractivity contribution in [3.05, 3.63) is 102 Å². The zero-order chi connectivity index (χ0) is 25.6. The lowest BCUT2D eigenvalue weighted by Crippen LogP contribution is -1.98. The van der Waals surface area contributed by atoms with E-state index in [0.29, 0.717) is 11.5 Å². The summed E-state index contributed by atoms with van der Waals surface area (Å²) in [6.07, 6.45) is 0. The molecule has 1 heterocycles. The molecule has 0 fully saturated rings. The zero-order valence-electron chi connectivity index (χ0n) is 19.0. The molecular weight excluding hydrogens is 530 g/mol. The average molecular weight is 548 g/mol. The van der Waals surface area contributed by atoms with Crippen LogP contribution in [0.15, 0.2) is 117 Å². The Morgan fingerprint density at radius 1 is 0.486 bits per heavy atom. The van der Waals surface area contributed by atoms with Crippen LogP contribution in [0.25, 0.3) is 0 Å². The molecule has 1 aromatic heterocycles. The average Bonchev–Trinajstić information content (AvgIpc) is 2.89. The van der Waals surface area contributed by atoms with Gasteiger partial charge in [0, 0.05) is 19.6 Å². The Hall–Kier alpha value is -3.92. The van der Waals surface area contributed by atoms with Gasteiger partial charge in [-0.3, -0.25) is 0 Å². The van der Waals surface area contributed by atoms with Gasteiger partial charge in [0.25, 0.3) is 0 Å². The third kappa shape index (κ3) is 7.07. The Labute approximate surface area is 226 Å². The summed E-state index contributed by atoms with van der Waals surface area (Å²) >= 11 is 9.19. The van der Waals surface area contributed by atoms with E-state index >= 15 is 0 Å². The van der Waals surface area contributed by atoms with Gasteiger partial charge < -0.3 is 19.7 Å². The van der Waals surface area contributed by atoms with Crippen LogP contribution in [0.1, 0.15) is 0 Å². The molecule has 4 aromatic carbocycles. The van der Waals surface area contributed by atoms with Crippen molar-refractivity contribution in [3.63, 3.8) is 0 Å². The number of rotatable bonds is 8. The van der Waals surface area contributed by atoms with E-state index in [2.05, 4.69) is 15.0 Å². The summed E-state index contributed by atoms with van der Waals surface area (Å²) in [5.41, 5.74) is 0. The van der Waals surface area contributed by atoms with Crippen LogP contribution in [0.5, 0.6) is 35.0 Å². The van der Waals surface area contributed by atoms with Gasteiger partial charge in [0.1, 0.15) is 23.0 Å². The number of phenolic OH excluding ortho intramolecular Hbond substituents is 2. The summed E-state index contributed by atoms with van der Waals surface area (Å²) in [4.78, 5) is 16.3. The number of aromatic nitrogens is 3. The van der Waals surface area contributed by atoms with Crippen LogP contribution in [0, 0.1) is 0 Å². The predicted molar refractivity (Wildman–Crippen MR) is 142 cm³/mol. The number of phenols is 2. The summed E-state index contributed by atoms with van der Waals surface area (Å²) in [6.45, 7) is 0. The van der Waals surface area contributed by atoms with Crippen molar-refractivity contribution in [2.75, 3.05) is 0 Å². The fourth-order valence-corrected chi connectivity index (χ4v) is 4.85. The highest BCUT2D eigenvalue weighted by atomic mass is 35.5. The first-order valence-electron chi connectivity index (χ1n) is 10.9. The standard InChI is InChI=1S/C27H18ClN3O4S2/c28-25-29-26(34-19-5-13-23(14-6-19)36-21-9-1-17(32)2-10-21)31-27(30-25)35-20-7-15-24(16-8-20)37-22-11-3-18(33)4-12-22/h1-16,32-33H. The first-order valence-corrected chi connectivity index (χ1v) is 12.9. The fourth-order valence-electron chi connectivity index (χ4n) is 3.07. The molecule has 0 saturated carbocycles. The van der Waals surface area contributed by atoms with Crippen LogP contribution in [-0.4, -0.2) is 25.2 Å². The second kappa shape index (κ2) is 11.4. The van der Waals surface area contributed by atoms with Gasteiger partial charge in [-0.1, -0.05) is 23.5 Å². The van der Waals surface area contributed by atoms with Gasteiger partial charge in [0.15, 0.2) is 0 Å². The normalized spacial score (nSPS) is 10.7. The molecule has 0 aliphatic heterocycles. The molecule has 0 unspecified atom stereocenters. The van der Waals surface area contributed by atoms with Gasteiger partial charge in [-0.25, -0.2) is 0 Å². The van der Waals surface area contributed by atoms with Crippen molar-refractivity contribution < 1.29 is 19.7 Å². The molecular formula is C27H18ClN3O4S2. The molecule has 184 valence electrons. The number of aromatic hydroxyl groups is 2. The summed E-state index contributed by atoms with van der Waals surface area (Å²) in [5, 5.41) is 18.8. The maximum atomic E-state index is 9.42. The van der Waals surface area contributed by atoms with E-state index in [1.165, 1.54) is 0 Å². The Bertz CT molecular complexity index is 1370. The number of ether oxygens (including phenoxy) is 2. The third-order valence-corrected chi connectivity index (χ3v) is 6.98. The number of hydrogen-bond acceptors (Lipinski definition) is 9. The molecule has 0 spiro atoms. The zero-order valence-corrected chi connectivity index (χ0v) is 21.4. The maximum absolute atomic E-state index is 9.42. The van der Waals surface area contributed by atoms with E-state index in [1.807, 2.05) is 48.5 Å². The van der Waals surface area contributed by atoms with Crippen LogP contribution in [0.3, 0.4) is 0 Å². The number of hydrogen-bond donors (Lipinski definition) is 2. The van der Waals surface area contributed by atoms with Gasteiger partial charge in [0.2, 0.25) is 5.28 Å². The van der Waals surface area contributed by atoms with Crippen molar-refractivity contribution in [2.45, 2.75) is 19.6 Å². The highest BCUT2D eigenvalue weighted by Crippen LogP contribution is 2.32. The summed E-state index contributed by atoms with van der Waals surface area (Å²) in [6, 6.07) is 28.8. The molecule has 0 saturated heterocycles. The third-order valence-electron chi connectivity index (χ3n) is 4.78. The second-order valence-electron chi connectivity index (χ2n) is 7.51. The van der Waals surface area contributed by atoms with Gasteiger partial charge in [-0.2, -0.15) is 9.97 Å². The molecule has 37 heavy (non-hydrogen) atoms. The second-order valence-corrected chi connectivity index (χ2v) is 10.1. The molecule has 0 aliphatic carbocycles. The topological polar surface area (TPSA) is 97.6 Å². The minimum atomic E-state index is -0.0565. The van der Waals surface area contributed by atoms with Crippen molar-refractivity contribution >= 4 is 35.1 Å². The van der Waals surface area contributed by atoms with Crippen molar-refractivity contribution in [2.24, 2.45) is 0 Å². The lowest BCUT2D eigenvalue weighted by atomic mass is 10.3. The minimum absolute atomic E-state index is 0.00782. The maximum Gasteiger partial charge on any atom is 0.329 e. The first-order chi connectivity index (χ1) is 18.0. The van der Waals surface area contributed by atoms with Crippen LogP contribution < -0.4 is 9.47 Å². The molecule has 10 heteroatoms. The SMILES string of the molecule is Oc1ccc(Sc2ccc(Oc3nc(Cl)nc(Oc4ccc(Sc5ccc(O)cc5)cc4)n3)cc2)cc1. The quantitative estimate of drug-likeness (QED) is 0.201. The Balaban J connectivity index is 1.22. The Morgan fingerprint density at radius 2 is 0.811 bits per heavy atom. The van der Waals surface area contributed by atoms with Crippen LogP contribution in [0.4, 0.5) is 0 Å². The minimum Gasteiger partial charge on any atom is -0.508 e. The molecule has 5 rings (SSSR count). The molecule has 0 amide bonds. The Kier molecular flexibility index (Phi) is 7.65. The molecule has 0 atom stereocenters. The highest BCUT2D eigenvalue weighted by molar-refractivity contribution is 7.99. The summed E-state index contributed by atoms with van der Waals surface area (Å²) in [5.74, 6) is 1.51. The monoisotopic (exact) mass is 547 g/mol. The van der Waals surface area contributed by atoms with Gasteiger partial charge in [-0.05, 0) is 109 Å². The fraction of sp³-hybridized carbons (Fsp3) is 0. The lowest BCUT2D eigenvalue weighted by Gasteiger charge is -2.08. The number of benzene rings is 4. The number of nitrogens with zero attached hydrogens (tertiary/aromatic N) is 3. The number of halogens is 1. The molecule has 2 N–H and O–H groups in total. The smallest absolute Gasteiger partial charge is 0.329 e.